The minimum absolute atomic E-state index is 0.136. The van der Waals surface area contributed by atoms with Gasteiger partial charge < -0.3 is 5.11 Å². The van der Waals surface area contributed by atoms with E-state index in [1.807, 2.05) is 0 Å². The van der Waals surface area contributed by atoms with Gasteiger partial charge in [-0.2, -0.15) is 4.31 Å². The average Bonchev–Trinajstić information content (AvgIpc) is 2.28. The molecular formula is C12H17NO4S. The molecule has 0 aromatic heterocycles. The van der Waals surface area contributed by atoms with Gasteiger partial charge in [0.15, 0.2) is 0 Å². The third-order valence-electron chi connectivity index (χ3n) is 2.41. The van der Waals surface area contributed by atoms with Crippen LogP contribution in [0.5, 0.6) is 0 Å². The minimum atomic E-state index is -3.73. The second-order valence-electron chi connectivity index (χ2n) is 4.05. The lowest BCUT2D eigenvalue weighted by Crippen LogP contribution is -2.36. The van der Waals surface area contributed by atoms with Crippen LogP contribution in [0.25, 0.3) is 0 Å². The number of aryl methyl sites for hydroxylation is 1. The molecule has 0 bridgehead atoms. The Hall–Kier alpha value is -1.40. The molecule has 0 unspecified atom stereocenters. The number of carbonyl (C=O) groups is 1. The minimum Gasteiger partial charge on any atom is -0.480 e. The maximum atomic E-state index is 12.3. The van der Waals surface area contributed by atoms with Crippen LogP contribution in [0.3, 0.4) is 0 Å². The largest absolute Gasteiger partial charge is 0.480 e. The monoisotopic (exact) mass is 271 g/mol. The van der Waals surface area contributed by atoms with Crippen molar-refractivity contribution >= 4 is 16.0 Å². The first-order valence-electron chi connectivity index (χ1n) is 5.66. The molecule has 6 heteroatoms. The van der Waals surface area contributed by atoms with Gasteiger partial charge in [0.1, 0.15) is 6.54 Å². The summed E-state index contributed by atoms with van der Waals surface area (Å²) in [6, 6.07) is 6.46. The van der Waals surface area contributed by atoms with Gasteiger partial charge in [-0.1, -0.05) is 19.1 Å². The first kappa shape index (κ1) is 14.7. The van der Waals surface area contributed by atoms with Crippen molar-refractivity contribution in [3.05, 3.63) is 29.8 Å². The van der Waals surface area contributed by atoms with Gasteiger partial charge in [-0.25, -0.2) is 8.42 Å². The molecule has 0 saturated carbocycles. The van der Waals surface area contributed by atoms with E-state index < -0.39 is 22.5 Å². The van der Waals surface area contributed by atoms with Gasteiger partial charge in [0.25, 0.3) is 0 Å². The number of hydrogen-bond donors (Lipinski definition) is 1. The topological polar surface area (TPSA) is 74.7 Å². The van der Waals surface area contributed by atoms with Gasteiger partial charge in [0.05, 0.1) is 4.90 Å². The van der Waals surface area contributed by atoms with E-state index in [0.717, 1.165) is 9.87 Å². The molecule has 0 amide bonds. The summed E-state index contributed by atoms with van der Waals surface area (Å²) < 4.78 is 25.5. The highest BCUT2D eigenvalue weighted by Gasteiger charge is 2.25. The van der Waals surface area contributed by atoms with Crippen molar-refractivity contribution in [2.24, 2.45) is 0 Å². The van der Waals surface area contributed by atoms with E-state index in [9.17, 15) is 13.2 Å². The lowest BCUT2D eigenvalue weighted by atomic mass is 10.2. The van der Waals surface area contributed by atoms with Gasteiger partial charge in [-0.3, -0.25) is 4.79 Å². The summed E-state index contributed by atoms with van der Waals surface area (Å²) in [6.45, 7) is 3.29. The second-order valence-corrected chi connectivity index (χ2v) is 5.99. The molecule has 1 N–H and O–H groups in total. The number of sulfonamides is 1. The molecule has 1 aromatic carbocycles. The Morgan fingerprint density at radius 1 is 1.39 bits per heavy atom. The van der Waals surface area contributed by atoms with Crippen molar-refractivity contribution in [1.82, 2.24) is 4.31 Å². The second kappa shape index (κ2) is 5.97. The molecule has 0 fully saturated rings. The average molecular weight is 271 g/mol. The van der Waals surface area contributed by atoms with Gasteiger partial charge >= 0.3 is 5.97 Å². The zero-order valence-electron chi connectivity index (χ0n) is 10.5. The molecule has 0 saturated heterocycles. The van der Waals surface area contributed by atoms with Crippen LogP contribution in [0.4, 0.5) is 0 Å². The van der Waals surface area contributed by atoms with Crippen molar-refractivity contribution in [3.8, 4) is 0 Å². The number of benzene rings is 1. The van der Waals surface area contributed by atoms with Crippen LogP contribution < -0.4 is 0 Å². The molecular weight excluding hydrogens is 254 g/mol. The smallest absolute Gasteiger partial charge is 0.318 e. The number of hydrogen-bond acceptors (Lipinski definition) is 3. The van der Waals surface area contributed by atoms with Crippen molar-refractivity contribution < 1.29 is 18.3 Å². The van der Waals surface area contributed by atoms with Gasteiger partial charge in [-0.15, -0.1) is 0 Å². The highest BCUT2D eigenvalue weighted by molar-refractivity contribution is 7.89. The van der Waals surface area contributed by atoms with E-state index in [-0.39, 0.29) is 11.4 Å². The van der Waals surface area contributed by atoms with Crippen LogP contribution in [0, 0.1) is 6.92 Å². The maximum absolute atomic E-state index is 12.3. The van der Waals surface area contributed by atoms with E-state index in [1.165, 1.54) is 6.07 Å². The predicted octanol–water partition coefficient (Wildman–Crippen LogP) is 1.48. The fraction of sp³-hybridized carbons (Fsp3) is 0.417. The number of carboxylic acid groups (broad SMARTS) is 1. The number of rotatable bonds is 6. The van der Waals surface area contributed by atoms with Crippen LogP contribution in [-0.4, -0.2) is 36.9 Å². The van der Waals surface area contributed by atoms with Crippen LogP contribution in [0.1, 0.15) is 18.9 Å². The van der Waals surface area contributed by atoms with Crippen molar-refractivity contribution in [2.75, 3.05) is 13.1 Å². The first-order valence-corrected chi connectivity index (χ1v) is 7.10. The predicted molar refractivity (Wildman–Crippen MR) is 67.9 cm³/mol. The van der Waals surface area contributed by atoms with E-state index in [2.05, 4.69) is 0 Å². The molecule has 1 aromatic rings. The fourth-order valence-corrected chi connectivity index (χ4v) is 3.20. The summed E-state index contributed by atoms with van der Waals surface area (Å²) in [6.07, 6.45) is 0.568. The fourth-order valence-electron chi connectivity index (χ4n) is 1.61. The molecule has 5 nitrogen and oxygen atoms in total. The van der Waals surface area contributed by atoms with Gasteiger partial charge in [-0.05, 0) is 31.0 Å². The van der Waals surface area contributed by atoms with E-state index in [0.29, 0.717) is 6.42 Å². The number of carboxylic acids is 1. The first-order chi connectivity index (χ1) is 8.37. The maximum Gasteiger partial charge on any atom is 0.318 e. The molecule has 0 spiro atoms. The third-order valence-corrected chi connectivity index (χ3v) is 4.25. The summed E-state index contributed by atoms with van der Waals surface area (Å²) in [7, 11) is -3.73. The highest BCUT2D eigenvalue weighted by atomic mass is 32.2. The Morgan fingerprint density at radius 2 is 2.06 bits per heavy atom. The normalized spacial score (nSPS) is 11.7. The Kier molecular flexibility index (Phi) is 4.86. The van der Waals surface area contributed by atoms with Gasteiger partial charge in [0.2, 0.25) is 10.0 Å². The molecule has 0 aliphatic carbocycles. The Morgan fingerprint density at radius 3 is 2.56 bits per heavy atom. The molecule has 100 valence electrons. The summed E-state index contributed by atoms with van der Waals surface area (Å²) in [5, 5.41) is 8.77. The van der Waals surface area contributed by atoms with Crippen molar-refractivity contribution in [1.29, 1.82) is 0 Å². The molecule has 0 atom stereocenters. The van der Waals surface area contributed by atoms with E-state index in [1.54, 1.807) is 32.0 Å². The standard InChI is InChI=1S/C12H17NO4S/c1-3-7-13(9-12(14)15)18(16,17)11-6-4-5-10(2)8-11/h4-6,8H,3,7,9H2,1-2H3,(H,14,15). The Balaban J connectivity index is 3.12. The van der Waals surface area contributed by atoms with Crippen LogP contribution in [-0.2, 0) is 14.8 Å². The molecule has 18 heavy (non-hydrogen) atoms. The zero-order valence-corrected chi connectivity index (χ0v) is 11.3. The summed E-state index contributed by atoms with van der Waals surface area (Å²) in [4.78, 5) is 10.9. The van der Waals surface area contributed by atoms with Gasteiger partial charge in [0, 0.05) is 6.54 Å². The van der Waals surface area contributed by atoms with Crippen molar-refractivity contribution in [3.63, 3.8) is 0 Å². The SMILES string of the molecule is CCCN(CC(=O)O)S(=O)(=O)c1cccc(C)c1. The third kappa shape index (κ3) is 3.54. The summed E-state index contributed by atoms with van der Waals surface area (Å²) >= 11 is 0. The lowest BCUT2D eigenvalue weighted by Gasteiger charge is -2.19. The summed E-state index contributed by atoms with van der Waals surface area (Å²) in [5.74, 6) is -1.15. The molecule has 1 rings (SSSR count). The van der Waals surface area contributed by atoms with E-state index >= 15 is 0 Å². The highest BCUT2D eigenvalue weighted by Crippen LogP contribution is 2.17. The number of nitrogens with zero attached hydrogens (tertiary/aromatic N) is 1. The van der Waals surface area contributed by atoms with Crippen molar-refractivity contribution in [2.45, 2.75) is 25.2 Å². The zero-order chi connectivity index (χ0) is 13.8. The molecule has 0 aliphatic rings. The molecule has 0 aliphatic heterocycles. The summed E-state index contributed by atoms with van der Waals surface area (Å²) in [5.41, 5.74) is 0.822. The van der Waals surface area contributed by atoms with E-state index in [4.69, 9.17) is 5.11 Å². The lowest BCUT2D eigenvalue weighted by molar-refractivity contribution is -0.137. The Bertz CT molecular complexity index is 525. The van der Waals surface area contributed by atoms with Crippen LogP contribution >= 0.6 is 0 Å². The molecule has 0 heterocycles. The quantitative estimate of drug-likeness (QED) is 0.850. The van der Waals surface area contributed by atoms with Crippen LogP contribution in [0.15, 0.2) is 29.2 Å². The molecule has 0 radical (unpaired) electrons. The van der Waals surface area contributed by atoms with Crippen LogP contribution in [0.2, 0.25) is 0 Å². The number of aliphatic carboxylic acids is 1. The Labute approximate surface area is 107 Å².